The van der Waals surface area contributed by atoms with Gasteiger partial charge in [-0.3, -0.25) is 4.79 Å². The number of hydrogen-bond donors (Lipinski definition) is 1. The maximum atomic E-state index is 13.0. The average Bonchev–Trinajstić information content (AvgIpc) is 2.70. The Labute approximate surface area is 195 Å². The number of benzene rings is 2. The molecule has 156 valence electrons. The van der Waals surface area contributed by atoms with E-state index in [4.69, 9.17) is 9.84 Å². The van der Waals surface area contributed by atoms with Gasteiger partial charge < -0.3 is 9.84 Å². The van der Waals surface area contributed by atoms with Gasteiger partial charge in [-0.1, -0.05) is 22.9 Å². The van der Waals surface area contributed by atoms with Gasteiger partial charge in [0.1, 0.15) is 11.6 Å². The monoisotopic (exact) mass is 583 g/mol. The molecular weight excluding hydrogens is 565 g/mol. The minimum atomic E-state index is -1.03. The number of carboxylic acids is 1. The zero-order valence-corrected chi connectivity index (χ0v) is 20.0. The summed E-state index contributed by atoms with van der Waals surface area (Å²) >= 11 is 5.47. The normalized spacial score (nSPS) is 12.4. The van der Waals surface area contributed by atoms with Crippen molar-refractivity contribution in [2.45, 2.75) is 32.8 Å². The molecule has 1 N–H and O–H groups in total. The van der Waals surface area contributed by atoms with Gasteiger partial charge in [-0.2, -0.15) is 9.78 Å². The van der Waals surface area contributed by atoms with Crippen LogP contribution >= 0.6 is 38.5 Å². The molecule has 3 aromatic rings. The summed E-state index contributed by atoms with van der Waals surface area (Å²) in [5, 5.41) is 13.9. The predicted molar refractivity (Wildman–Crippen MR) is 128 cm³/mol. The molecule has 3 rings (SSSR count). The van der Waals surface area contributed by atoms with E-state index in [1.807, 2.05) is 25.1 Å². The SMILES string of the molecule is CCCc1nc2ccc(Br)cc2c(=O)n1N=Cc1ccc(O[C@@H](C)C(=O)O)c(I)c1. The number of nitrogens with zero attached hydrogens (tertiary/aromatic N) is 3. The van der Waals surface area contributed by atoms with Crippen LogP contribution in [0.15, 0.2) is 50.8 Å². The third kappa shape index (κ3) is 5.07. The van der Waals surface area contributed by atoms with Gasteiger partial charge in [0.2, 0.25) is 0 Å². The Kier molecular flexibility index (Phi) is 7.24. The highest BCUT2D eigenvalue weighted by Crippen LogP contribution is 2.23. The molecule has 0 radical (unpaired) electrons. The van der Waals surface area contributed by atoms with Crippen LogP contribution in [0.4, 0.5) is 0 Å². The predicted octanol–water partition coefficient (Wildman–Crippen LogP) is 4.45. The number of fused-ring (bicyclic) bond motifs is 1. The van der Waals surface area contributed by atoms with Crippen LogP contribution in [0.1, 0.15) is 31.7 Å². The third-order valence-corrected chi connectivity index (χ3v) is 5.61. The van der Waals surface area contributed by atoms with Crippen molar-refractivity contribution in [2.24, 2.45) is 5.10 Å². The molecule has 0 spiro atoms. The van der Waals surface area contributed by atoms with Gasteiger partial charge >= 0.3 is 5.97 Å². The maximum Gasteiger partial charge on any atom is 0.344 e. The molecule has 0 unspecified atom stereocenters. The highest BCUT2D eigenvalue weighted by molar-refractivity contribution is 14.1. The Morgan fingerprint density at radius 3 is 2.80 bits per heavy atom. The van der Waals surface area contributed by atoms with Crippen molar-refractivity contribution < 1.29 is 14.6 Å². The summed E-state index contributed by atoms with van der Waals surface area (Å²) in [4.78, 5) is 28.6. The molecule has 9 heteroatoms. The standard InChI is InChI=1S/C21H19BrIN3O4/c1-3-4-19-25-17-7-6-14(22)10-15(17)20(27)26(19)24-11-13-5-8-18(16(23)9-13)30-12(2)21(28)29/h5-12H,3-4H2,1-2H3,(H,28,29)/t12-/m0/s1. The Hall–Kier alpha value is -2.27. The number of aryl methyl sites for hydroxylation is 1. The van der Waals surface area contributed by atoms with Crippen molar-refractivity contribution in [3.8, 4) is 5.75 Å². The van der Waals surface area contributed by atoms with Crippen molar-refractivity contribution in [1.29, 1.82) is 0 Å². The number of rotatable bonds is 7. The second kappa shape index (κ2) is 9.69. The third-order valence-electron chi connectivity index (χ3n) is 4.28. The van der Waals surface area contributed by atoms with E-state index in [0.717, 1.165) is 20.0 Å². The zero-order valence-electron chi connectivity index (χ0n) is 16.3. The first-order valence-corrected chi connectivity index (χ1v) is 11.1. The van der Waals surface area contributed by atoms with E-state index >= 15 is 0 Å². The molecule has 7 nitrogen and oxygen atoms in total. The van der Waals surface area contributed by atoms with Crippen LogP contribution in [-0.4, -0.2) is 33.1 Å². The Balaban J connectivity index is 1.98. The van der Waals surface area contributed by atoms with Crippen molar-refractivity contribution in [1.82, 2.24) is 9.66 Å². The van der Waals surface area contributed by atoms with E-state index in [9.17, 15) is 9.59 Å². The van der Waals surface area contributed by atoms with Crippen LogP contribution in [0.25, 0.3) is 10.9 Å². The quantitative estimate of drug-likeness (QED) is 0.328. The molecule has 0 fully saturated rings. The van der Waals surface area contributed by atoms with Crippen LogP contribution in [0.5, 0.6) is 5.75 Å². The van der Waals surface area contributed by atoms with Gasteiger partial charge in [0.05, 0.1) is 20.7 Å². The topological polar surface area (TPSA) is 93.8 Å². The first-order valence-electron chi connectivity index (χ1n) is 9.24. The van der Waals surface area contributed by atoms with Crippen LogP contribution in [-0.2, 0) is 11.2 Å². The van der Waals surface area contributed by atoms with E-state index in [1.165, 1.54) is 11.6 Å². The lowest BCUT2D eigenvalue weighted by Crippen LogP contribution is -2.23. The number of ether oxygens (including phenoxy) is 1. The van der Waals surface area contributed by atoms with E-state index in [2.05, 4.69) is 48.6 Å². The summed E-state index contributed by atoms with van der Waals surface area (Å²) in [6.45, 7) is 3.49. The fourth-order valence-electron chi connectivity index (χ4n) is 2.76. The number of aliphatic carboxylic acids is 1. The molecule has 1 aromatic heterocycles. The largest absolute Gasteiger partial charge is 0.479 e. The summed E-state index contributed by atoms with van der Waals surface area (Å²) in [6, 6.07) is 10.7. The molecule has 0 aliphatic carbocycles. The lowest BCUT2D eigenvalue weighted by Gasteiger charge is -2.12. The number of halogens is 2. The van der Waals surface area contributed by atoms with E-state index < -0.39 is 12.1 Å². The summed E-state index contributed by atoms with van der Waals surface area (Å²) < 4.78 is 8.31. The molecule has 1 heterocycles. The molecule has 0 aliphatic heterocycles. The zero-order chi connectivity index (χ0) is 21.8. The first kappa shape index (κ1) is 22.4. The van der Waals surface area contributed by atoms with Crippen LogP contribution in [0.2, 0.25) is 0 Å². The smallest absolute Gasteiger partial charge is 0.344 e. The molecule has 30 heavy (non-hydrogen) atoms. The molecule has 1 atom stereocenters. The van der Waals surface area contributed by atoms with Gasteiger partial charge in [-0.25, -0.2) is 9.78 Å². The Bertz CT molecular complexity index is 1190. The summed E-state index contributed by atoms with van der Waals surface area (Å²) in [5.41, 5.74) is 1.16. The number of aromatic nitrogens is 2. The summed E-state index contributed by atoms with van der Waals surface area (Å²) in [7, 11) is 0. The summed E-state index contributed by atoms with van der Waals surface area (Å²) in [5.74, 6) is 0.0388. The summed E-state index contributed by atoms with van der Waals surface area (Å²) in [6.07, 6.45) is 2.08. The second-order valence-corrected chi connectivity index (χ2v) is 8.67. The number of carboxylic acid groups (broad SMARTS) is 1. The molecular formula is C21H19BrIN3O4. The Morgan fingerprint density at radius 2 is 2.13 bits per heavy atom. The van der Waals surface area contributed by atoms with Crippen LogP contribution in [0, 0.1) is 3.57 Å². The highest BCUT2D eigenvalue weighted by atomic mass is 127. The molecule has 0 bridgehead atoms. The van der Waals surface area contributed by atoms with Crippen LogP contribution < -0.4 is 10.3 Å². The van der Waals surface area contributed by atoms with Gasteiger partial charge in [0.25, 0.3) is 5.56 Å². The minimum absolute atomic E-state index is 0.231. The maximum absolute atomic E-state index is 13.0. The van der Waals surface area contributed by atoms with Crippen molar-refractivity contribution in [3.05, 3.63) is 66.2 Å². The van der Waals surface area contributed by atoms with Gasteiger partial charge in [-0.05, 0) is 77.9 Å². The van der Waals surface area contributed by atoms with E-state index in [-0.39, 0.29) is 5.56 Å². The first-order chi connectivity index (χ1) is 14.3. The van der Waals surface area contributed by atoms with Gasteiger partial charge in [0.15, 0.2) is 6.10 Å². The second-order valence-electron chi connectivity index (χ2n) is 6.59. The molecule has 0 saturated carbocycles. The van der Waals surface area contributed by atoms with Crippen LogP contribution in [0.3, 0.4) is 0 Å². The Morgan fingerprint density at radius 1 is 1.37 bits per heavy atom. The molecule has 0 aliphatic rings. The van der Waals surface area contributed by atoms with Crippen molar-refractivity contribution in [3.63, 3.8) is 0 Å². The van der Waals surface area contributed by atoms with Crippen molar-refractivity contribution in [2.75, 3.05) is 0 Å². The number of carbonyl (C=O) groups is 1. The fourth-order valence-corrected chi connectivity index (χ4v) is 3.79. The lowest BCUT2D eigenvalue weighted by atomic mass is 10.2. The molecule has 2 aromatic carbocycles. The fraction of sp³-hybridized carbons (Fsp3) is 0.238. The van der Waals surface area contributed by atoms with Gasteiger partial charge in [0, 0.05) is 10.9 Å². The number of hydrogen-bond acceptors (Lipinski definition) is 5. The van der Waals surface area contributed by atoms with E-state index in [0.29, 0.717) is 28.9 Å². The lowest BCUT2D eigenvalue weighted by molar-refractivity contribution is -0.144. The average molecular weight is 584 g/mol. The molecule has 0 amide bonds. The molecule has 0 saturated heterocycles. The minimum Gasteiger partial charge on any atom is -0.479 e. The van der Waals surface area contributed by atoms with E-state index in [1.54, 1.807) is 24.4 Å². The van der Waals surface area contributed by atoms with Crippen molar-refractivity contribution >= 4 is 61.6 Å². The highest BCUT2D eigenvalue weighted by Gasteiger charge is 2.14. The van der Waals surface area contributed by atoms with Gasteiger partial charge in [-0.15, -0.1) is 0 Å².